The van der Waals surface area contributed by atoms with Crippen molar-refractivity contribution >= 4 is 39.1 Å². The summed E-state index contributed by atoms with van der Waals surface area (Å²) in [5, 5.41) is 3.35. The molecule has 0 aliphatic heterocycles. The van der Waals surface area contributed by atoms with Gasteiger partial charge in [-0.3, -0.25) is 13.9 Å². The van der Waals surface area contributed by atoms with Gasteiger partial charge in [0.2, 0.25) is 21.8 Å². The molecular weight excluding hydrogens is 502 g/mol. The molecule has 0 saturated heterocycles. The second kappa shape index (κ2) is 14.1. The predicted molar refractivity (Wildman–Crippen MR) is 144 cm³/mol. The van der Waals surface area contributed by atoms with Crippen LogP contribution in [0.1, 0.15) is 45.6 Å². The number of nitrogens with zero attached hydrogens (tertiary/aromatic N) is 2. The van der Waals surface area contributed by atoms with Crippen molar-refractivity contribution in [1.29, 1.82) is 0 Å². The minimum atomic E-state index is -3.80. The Morgan fingerprint density at radius 2 is 1.72 bits per heavy atom. The van der Waals surface area contributed by atoms with E-state index >= 15 is 0 Å². The molecule has 198 valence electrons. The molecule has 1 atom stereocenters. The van der Waals surface area contributed by atoms with E-state index in [9.17, 15) is 18.0 Å². The maximum Gasteiger partial charge on any atom is 0.244 e. The third kappa shape index (κ3) is 8.41. The van der Waals surface area contributed by atoms with Crippen molar-refractivity contribution in [3.8, 4) is 5.75 Å². The zero-order valence-electron chi connectivity index (χ0n) is 21.4. The highest BCUT2D eigenvalue weighted by atomic mass is 35.5. The van der Waals surface area contributed by atoms with Gasteiger partial charge in [0.1, 0.15) is 18.3 Å². The van der Waals surface area contributed by atoms with E-state index in [-0.39, 0.29) is 12.5 Å². The molecule has 0 aromatic heterocycles. The van der Waals surface area contributed by atoms with Crippen LogP contribution in [-0.2, 0) is 26.2 Å². The first-order chi connectivity index (χ1) is 17.1. The highest BCUT2D eigenvalue weighted by Crippen LogP contribution is 2.24. The van der Waals surface area contributed by atoms with E-state index in [2.05, 4.69) is 5.32 Å². The lowest BCUT2D eigenvalue weighted by Crippen LogP contribution is -2.52. The highest BCUT2D eigenvalue weighted by molar-refractivity contribution is 7.92. The molecule has 0 radical (unpaired) electrons. The van der Waals surface area contributed by atoms with Crippen LogP contribution in [-0.4, -0.2) is 57.1 Å². The van der Waals surface area contributed by atoms with E-state index in [4.69, 9.17) is 16.3 Å². The van der Waals surface area contributed by atoms with Gasteiger partial charge in [0.05, 0.1) is 18.6 Å². The van der Waals surface area contributed by atoms with Crippen molar-refractivity contribution < 1.29 is 22.7 Å². The van der Waals surface area contributed by atoms with E-state index in [0.717, 1.165) is 23.4 Å². The number of carbonyl (C=O) groups excluding carboxylic acids is 2. The van der Waals surface area contributed by atoms with Gasteiger partial charge in [-0.05, 0) is 55.7 Å². The number of amides is 2. The second-order valence-corrected chi connectivity index (χ2v) is 10.7. The number of unbranched alkanes of at least 4 members (excludes halogenated alkanes) is 1. The summed E-state index contributed by atoms with van der Waals surface area (Å²) in [5.74, 6) is -0.193. The average Bonchev–Trinajstić information content (AvgIpc) is 2.83. The third-order valence-electron chi connectivity index (χ3n) is 5.63. The molecule has 0 heterocycles. The van der Waals surface area contributed by atoms with Gasteiger partial charge >= 0.3 is 0 Å². The molecule has 36 heavy (non-hydrogen) atoms. The number of sulfonamides is 1. The third-order valence-corrected chi connectivity index (χ3v) is 7.14. The summed E-state index contributed by atoms with van der Waals surface area (Å²) in [7, 11) is -3.80. The summed E-state index contributed by atoms with van der Waals surface area (Å²) in [6.45, 7) is 6.28. The van der Waals surface area contributed by atoms with Gasteiger partial charge in [0.15, 0.2) is 0 Å². The lowest BCUT2D eigenvalue weighted by atomic mass is 10.1. The van der Waals surface area contributed by atoms with Crippen LogP contribution in [0.3, 0.4) is 0 Å². The van der Waals surface area contributed by atoms with Gasteiger partial charge in [-0.1, -0.05) is 50.1 Å². The zero-order chi connectivity index (χ0) is 26.7. The molecule has 1 N–H and O–H groups in total. The first-order valence-corrected chi connectivity index (χ1v) is 14.4. The molecule has 2 aromatic rings. The standard InChI is InChI=1S/C26H36ClN3O5S/c1-5-8-17-28-26(32)24(6-2)29(18-20-11-9-10-12-23(20)27)25(31)19-30(36(4,33)34)21-13-15-22(16-14-21)35-7-3/h9-16,24H,5-8,17-19H2,1-4H3,(H,28,32)/t24-/m1/s1. The maximum absolute atomic E-state index is 13.7. The minimum Gasteiger partial charge on any atom is -0.494 e. The monoisotopic (exact) mass is 537 g/mol. The maximum atomic E-state index is 13.7. The van der Waals surface area contributed by atoms with Crippen molar-refractivity contribution in [1.82, 2.24) is 10.2 Å². The Kier molecular flexibility index (Phi) is 11.5. The van der Waals surface area contributed by atoms with Crippen LogP contribution >= 0.6 is 11.6 Å². The molecule has 0 aliphatic rings. The Morgan fingerprint density at radius 1 is 1.06 bits per heavy atom. The van der Waals surface area contributed by atoms with Crippen LogP contribution < -0.4 is 14.4 Å². The van der Waals surface area contributed by atoms with Crippen LogP contribution in [0.4, 0.5) is 5.69 Å². The van der Waals surface area contributed by atoms with Crippen LogP contribution in [0.15, 0.2) is 48.5 Å². The number of hydrogen-bond acceptors (Lipinski definition) is 5. The molecule has 0 saturated carbocycles. The molecule has 0 fully saturated rings. The minimum absolute atomic E-state index is 0.0685. The summed E-state index contributed by atoms with van der Waals surface area (Å²) in [6.07, 6.45) is 3.14. The molecule has 2 rings (SSSR count). The lowest BCUT2D eigenvalue weighted by Gasteiger charge is -2.33. The van der Waals surface area contributed by atoms with Crippen molar-refractivity contribution in [2.75, 3.05) is 30.3 Å². The van der Waals surface area contributed by atoms with Gasteiger partial charge in [-0.25, -0.2) is 8.42 Å². The van der Waals surface area contributed by atoms with E-state index in [0.29, 0.717) is 41.6 Å². The lowest BCUT2D eigenvalue weighted by molar-refractivity contribution is -0.140. The molecule has 2 amide bonds. The number of anilines is 1. The number of rotatable bonds is 14. The molecule has 0 spiro atoms. The van der Waals surface area contributed by atoms with E-state index in [1.54, 1.807) is 48.5 Å². The Morgan fingerprint density at radius 3 is 2.28 bits per heavy atom. The van der Waals surface area contributed by atoms with Crippen molar-refractivity contribution in [3.05, 3.63) is 59.1 Å². The molecule has 10 heteroatoms. The normalized spacial score (nSPS) is 12.0. The number of benzene rings is 2. The average molecular weight is 538 g/mol. The first-order valence-electron chi connectivity index (χ1n) is 12.1. The van der Waals surface area contributed by atoms with Gasteiger partial charge in [0, 0.05) is 18.1 Å². The largest absolute Gasteiger partial charge is 0.494 e. The van der Waals surface area contributed by atoms with Gasteiger partial charge in [-0.15, -0.1) is 0 Å². The summed E-state index contributed by atoms with van der Waals surface area (Å²) in [5.41, 5.74) is 0.992. The number of nitrogens with one attached hydrogen (secondary N) is 1. The molecule has 0 bridgehead atoms. The van der Waals surface area contributed by atoms with Crippen LogP contribution in [0.25, 0.3) is 0 Å². The number of ether oxygens (including phenoxy) is 1. The van der Waals surface area contributed by atoms with Crippen LogP contribution in [0, 0.1) is 0 Å². The van der Waals surface area contributed by atoms with Crippen molar-refractivity contribution in [2.24, 2.45) is 0 Å². The van der Waals surface area contributed by atoms with Gasteiger partial charge in [0.25, 0.3) is 0 Å². The predicted octanol–water partition coefficient (Wildman–Crippen LogP) is 4.23. The quantitative estimate of drug-likeness (QED) is 0.364. The van der Waals surface area contributed by atoms with E-state index < -0.39 is 28.5 Å². The van der Waals surface area contributed by atoms with Crippen LogP contribution in [0.5, 0.6) is 5.75 Å². The Labute approximate surface area is 219 Å². The molecule has 8 nitrogen and oxygen atoms in total. The Hall–Kier alpha value is -2.78. The van der Waals surface area contributed by atoms with Gasteiger partial charge in [-0.2, -0.15) is 0 Å². The highest BCUT2D eigenvalue weighted by Gasteiger charge is 2.32. The summed E-state index contributed by atoms with van der Waals surface area (Å²) < 4.78 is 31.8. The SMILES string of the molecule is CCCCNC(=O)[C@@H](CC)N(Cc1ccccc1Cl)C(=O)CN(c1ccc(OCC)cc1)S(C)(=O)=O. The fourth-order valence-electron chi connectivity index (χ4n) is 3.72. The second-order valence-electron chi connectivity index (χ2n) is 8.38. The Bertz CT molecular complexity index is 1110. The topological polar surface area (TPSA) is 96.0 Å². The Balaban J connectivity index is 2.39. The summed E-state index contributed by atoms with van der Waals surface area (Å²) >= 11 is 6.36. The molecule has 2 aromatic carbocycles. The smallest absolute Gasteiger partial charge is 0.244 e. The van der Waals surface area contributed by atoms with Gasteiger partial charge < -0.3 is 15.0 Å². The first kappa shape index (κ1) is 29.5. The zero-order valence-corrected chi connectivity index (χ0v) is 22.9. The van der Waals surface area contributed by atoms with E-state index in [1.165, 1.54) is 4.90 Å². The molecule has 0 unspecified atom stereocenters. The van der Waals surface area contributed by atoms with Crippen molar-refractivity contribution in [2.45, 2.75) is 52.6 Å². The number of hydrogen-bond donors (Lipinski definition) is 1. The fourth-order valence-corrected chi connectivity index (χ4v) is 4.77. The summed E-state index contributed by atoms with van der Waals surface area (Å²) in [4.78, 5) is 28.1. The van der Waals surface area contributed by atoms with Crippen LogP contribution in [0.2, 0.25) is 5.02 Å². The molecule has 0 aliphatic carbocycles. The number of halogens is 1. The van der Waals surface area contributed by atoms with E-state index in [1.807, 2.05) is 20.8 Å². The van der Waals surface area contributed by atoms with Crippen molar-refractivity contribution in [3.63, 3.8) is 0 Å². The molecular formula is C26H36ClN3O5S. The number of carbonyl (C=O) groups is 2. The fraction of sp³-hybridized carbons (Fsp3) is 0.462. The summed E-state index contributed by atoms with van der Waals surface area (Å²) in [6, 6.07) is 12.8.